The number of hydrogen-bond donors (Lipinski definition) is 2. The van der Waals surface area contributed by atoms with Gasteiger partial charge in [0.2, 0.25) is 0 Å². The molecule has 110 valence electrons. The minimum absolute atomic E-state index is 0.114. The van der Waals surface area contributed by atoms with Crippen LogP contribution in [-0.2, 0) is 0 Å². The summed E-state index contributed by atoms with van der Waals surface area (Å²) in [5.74, 6) is 0.852. The third-order valence-corrected chi connectivity index (χ3v) is 4.31. The molecule has 0 bridgehead atoms. The molecular weight excluding hydrogens is 264 g/mol. The SMILES string of the molecule is Cc1[nH]ccc1C(=O)N1CCC(c2cccc(O)c2)CC1. The predicted octanol–water partition coefficient (Wildman–Crippen LogP) is 3.05. The number of aromatic hydroxyl groups is 1. The Labute approximate surface area is 124 Å². The van der Waals surface area contributed by atoms with Gasteiger partial charge in [-0.05, 0) is 49.4 Å². The number of aromatic nitrogens is 1. The van der Waals surface area contributed by atoms with Crippen LogP contribution < -0.4 is 0 Å². The molecule has 1 amide bonds. The molecule has 0 unspecified atom stereocenters. The third kappa shape index (κ3) is 2.79. The molecule has 21 heavy (non-hydrogen) atoms. The summed E-state index contributed by atoms with van der Waals surface area (Å²) in [6, 6.07) is 9.30. The maximum Gasteiger partial charge on any atom is 0.255 e. The van der Waals surface area contributed by atoms with Crippen molar-refractivity contribution in [2.45, 2.75) is 25.7 Å². The molecule has 3 rings (SSSR count). The standard InChI is InChI=1S/C17H20N2O2/c1-12-16(5-8-18-12)17(21)19-9-6-13(7-10-19)14-3-2-4-15(20)11-14/h2-5,8,11,13,18,20H,6-7,9-10H2,1H3. The number of carbonyl (C=O) groups is 1. The van der Waals surface area contributed by atoms with Crippen molar-refractivity contribution in [2.75, 3.05) is 13.1 Å². The Morgan fingerprint density at radius 2 is 2.05 bits per heavy atom. The number of nitrogens with zero attached hydrogens (tertiary/aromatic N) is 1. The average Bonchev–Trinajstić information content (AvgIpc) is 2.93. The van der Waals surface area contributed by atoms with Gasteiger partial charge in [-0.25, -0.2) is 0 Å². The number of nitrogens with one attached hydrogen (secondary N) is 1. The first-order valence-corrected chi connectivity index (χ1v) is 7.37. The van der Waals surface area contributed by atoms with Crippen LogP contribution in [0.1, 0.15) is 40.4 Å². The summed E-state index contributed by atoms with van der Waals surface area (Å²) in [5.41, 5.74) is 2.86. The highest BCUT2D eigenvalue weighted by Crippen LogP contribution is 2.30. The van der Waals surface area contributed by atoms with E-state index in [0.29, 0.717) is 11.7 Å². The largest absolute Gasteiger partial charge is 0.508 e. The van der Waals surface area contributed by atoms with Crippen LogP contribution >= 0.6 is 0 Å². The van der Waals surface area contributed by atoms with Crippen LogP contribution in [0.15, 0.2) is 36.5 Å². The zero-order valence-electron chi connectivity index (χ0n) is 12.2. The summed E-state index contributed by atoms with van der Waals surface area (Å²) in [5, 5.41) is 9.57. The number of carbonyl (C=O) groups excluding carboxylic acids is 1. The number of rotatable bonds is 2. The van der Waals surface area contributed by atoms with Gasteiger partial charge in [0.15, 0.2) is 0 Å². The predicted molar refractivity (Wildman–Crippen MR) is 81.5 cm³/mol. The molecule has 1 aliphatic heterocycles. The van der Waals surface area contributed by atoms with E-state index in [1.807, 2.05) is 36.2 Å². The van der Waals surface area contributed by atoms with Gasteiger partial charge in [-0.3, -0.25) is 4.79 Å². The molecule has 0 atom stereocenters. The number of piperidine rings is 1. The average molecular weight is 284 g/mol. The molecule has 0 saturated carbocycles. The normalized spacial score (nSPS) is 16.1. The molecule has 0 aliphatic carbocycles. The Bertz CT molecular complexity index is 640. The lowest BCUT2D eigenvalue weighted by molar-refractivity contribution is 0.0712. The zero-order chi connectivity index (χ0) is 14.8. The van der Waals surface area contributed by atoms with Gasteiger partial charge >= 0.3 is 0 Å². The van der Waals surface area contributed by atoms with Gasteiger partial charge in [0.25, 0.3) is 5.91 Å². The number of phenolic OH excluding ortho intramolecular Hbond substituents is 1. The molecule has 4 nitrogen and oxygen atoms in total. The van der Waals surface area contributed by atoms with Crippen LogP contribution in [0, 0.1) is 6.92 Å². The molecule has 4 heteroatoms. The van der Waals surface area contributed by atoms with E-state index < -0.39 is 0 Å². The summed E-state index contributed by atoms with van der Waals surface area (Å²) in [6.07, 6.45) is 3.69. The number of amides is 1. The summed E-state index contributed by atoms with van der Waals surface area (Å²) in [4.78, 5) is 17.4. The fourth-order valence-electron chi connectivity index (χ4n) is 3.05. The Morgan fingerprint density at radius 1 is 1.29 bits per heavy atom. The molecule has 2 heterocycles. The van der Waals surface area contributed by atoms with Gasteiger partial charge in [0.1, 0.15) is 5.75 Å². The Morgan fingerprint density at radius 3 is 2.67 bits per heavy atom. The van der Waals surface area contributed by atoms with Gasteiger partial charge in [-0.2, -0.15) is 0 Å². The van der Waals surface area contributed by atoms with Crippen LogP contribution in [0.2, 0.25) is 0 Å². The molecule has 1 aromatic heterocycles. The Hall–Kier alpha value is -2.23. The first-order valence-electron chi connectivity index (χ1n) is 7.37. The lowest BCUT2D eigenvalue weighted by Crippen LogP contribution is -2.38. The molecule has 1 saturated heterocycles. The number of benzene rings is 1. The van der Waals surface area contributed by atoms with Crippen LogP contribution in [0.5, 0.6) is 5.75 Å². The van der Waals surface area contributed by atoms with Crippen molar-refractivity contribution in [1.29, 1.82) is 0 Å². The molecule has 2 aromatic rings. The van der Waals surface area contributed by atoms with Gasteiger partial charge in [-0.15, -0.1) is 0 Å². The Balaban J connectivity index is 1.65. The molecule has 0 spiro atoms. The lowest BCUT2D eigenvalue weighted by Gasteiger charge is -2.32. The number of H-pyrrole nitrogens is 1. The van der Waals surface area contributed by atoms with E-state index >= 15 is 0 Å². The van der Waals surface area contributed by atoms with E-state index in [1.165, 1.54) is 5.56 Å². The number of hydrogen-bond acceptors (Lipinski definition) is 2. The summed E-state index contributed by atoms with van der Waals surface area (Å²) >= 11 is 0. The van der Waals surface area contributed by atoms with Crippen molar-refractivity contribution in [3.05, 3.63) is 53.3 Å². The second-order valence-electron chi connectivity index (χ2n) is 5.68. The molecule has 1 fully saturated rings. The van der Waals surface area contributed by atoms with E-state index in [2.05, 4.69) is 11.1 Å². The smallest absolute Gasteiger partial charge is 0.255 e. The third-order valence-electron chi connectivity index (χ3n) is 4.31. The van der Waals surface area contributed by atoms with Gasteiger partial charge < -0.3 is 15.0 Å². The van der Waals surface area contributed by atoms with Crippen molar-refractivity contribution in [1.82, 2.24) is 9.88 Å². The second kappa shape index (κ2) is 5.64. The van der Waals surface area contributed by atoms with Crippen molar-refractivity contribution in [3.63, 3.8) is 0 Å². The highest BCUT2D eigenvalue weighted by molar-refractivity contribution is 5.95. The van der Waals surface area contributed by atoms with Gasteiger partial charge in [0, 0.05) is 25.0 Å². The maximum atomic E-state index is 12.4. The molecular formula is C17H20N2O2. The summed E-state index contributed by atoms with van der Waals surface area (Å²) < 4.78 is 0. The van der Waals surface area contributed by atoms with E-state index in [-0.39, 0.29) is 5.91 Å². The van der Waals surface area contributed by atoms with Gasteiger partial charge in [0.05, 0.1) is 5.56 Å². The number of aryl methyl sites for hydroxylation is 1. The molecule has 2 N–H and O–H groups in total. The topological polar surface area (TPSA) is 56.3 Å². The maximum absolute atomic E-state index is 12.4. The van der Waals surface area contributed by atoms with Crippen molar-refractivity contribution >= 4 is 5.91 Å². The van der Waals surface area contributed by atoms with Crippen LogP contribution in [0.3, 0.4) is 0 Å². The van der Waals surface area contributed by atoms with Crippen molar-refractivity contribution < 1.29 is 9.90 Å². The minimum Gasteiger partial charge on any atom is -0.508 e. The highest BCUT2D eigenvalue weighted by Gasteiger charge is 2.25. The number of aromatic amines is 1. The summed E-state index contributed by atoms with van der Waals surface area (Å²) in [7, 11) is 0. The Kier molecular flexibility index (Phi) is 3.69. The molecule has 0 radical (unpaired) electrons. The quantitative estimate of drug-likeness (QED) is 0.890. The highest BCUT2D eigenvalue weighted by atomic mass is 16.3. The van der Waals surface area contributed by atoms with Crippen LogP contribution in [-0.4, -0.2) is 34.0 Å². The minimum atomic E-state index is 0.114. The fourth-order valence-corrected chi connectivity index (χ4v) is 3.05. The van der Waals surface area contributed by atoms with E-state index in [9.17, 15) is 9.90 Å². The zero-order valence-corrected chi connectivity index (χ0v) is 12.2. The monoisotopic (exact) mass is 284 g/mol. The van der Waals surface area contributed by atoms with E-state index in [0.717, 1.165) is 37.2 Å². The molecule has 1 aromatic carbocycles. The van der Waals surface area contributed by atoms with Gasteiger partial charge in [-0.1, -0.05) is 12.1 Å². The van der Waals surface area contributed by atoms with Crippen LogP contribution in [0.25, 0.3) is 0 Å². The first-order chi connectivity index (χ1) is 10.1. The number of phenols is 1. The number of likely N-dealkylation sites (tertiary alicyclic amines) is 1. The van der Waals surface area contributed by atoms with E-state index in [1.54, 1.807) is 6.07 Å². The lowest BCUT2D eigenvalue weighted by atomic mass is 9.89. The summed E-state index contributed by atoms with van der Waals surface area (Å²) in [6.45, 7) is 3.46. The van der Waals surface area contributed by atoms with E-state index in [4.69, 9.17) is 0 Å². The first kappa shape index (κ1) is 13.7. The van der Waals surface area contributed by atoms with Crippen LogP contribution in [0.4, 0.5) is 0 Å². The fraction of sp³-hybridized carbons (Fsp3) is 0.353. The second-order valence-corrected chi connectivity index (χ2v) is 5.68. The van der Waals surface area contributed by atoms with Crippen molar-refractivity contribution in [2.24, 2.45) is 0 Å². The molecule has 1 aliphatic rings. The van der Waals surface area contributed by atoms with Crippen molar-refractivity contribution in [3.8, 4) is 5.75 Å².